The third-order valence-corrected chi connectivity index (χ3v) is 2.22. The summed E-state index contributed by atoms with van der Waals surface area (Å²) in [7, 11) is 0. The normalized spacial score (nSPS) is 18.5. The van der Waals surface area contributed by atoms with Crippen molar-refractivity contribution in [2.24, 2.45) is 10.1 Å². The van der Waals surface area contributed by atoms with Gasteiger partial charge in [0.2, 0.25) is 5.90 Å². The van der Waals surface area contributed by atoms with Gasteiger partial charge in [-0.3, -0.25) is 4.98 Å². The Morgan fingerprint density at radius 1 is 1.56 bits per heavy atom. The molecule has 5 nitrogen and oxygen atoms in total. The molecule has 1 N–H and O–H groups in total. The van der Waals surface area contributed by atoms with Crippen LogP contribution in [-0.2, 0) is 4.74 Å². The van der Waals surface area contributed by atoms with E-state index in [0.717, 1.165) is 5.56 Å². The van der Waals surface area contributed by atoms with Gasteiger partial charge in [-0.2, -0.15) is 0 Å². The highest BCUT2D eigenvalue weighted by molar-refractivity contribution is 6.01. The van der Waals surface area contributed by atoms with E-state index in [1.807, 2.05) is 19.9 Å². The van der Waals surface area contributed by atoms with E-state index < -0.39 is 0 Å². The maximum absolute atomic E-state index is 8.54. The first-order valence-electron chi connectivity index (χ1n) is 4.98. The lowest BCUT2D eigenvalue weighted by Crippen LogP contribution is -2.17. The van der Waals surface area contributed by atoms with Crippen LogP contribution in [0, 0.1) is 0 Å². The van der Waals surface area contributed by atoms with Gasteiger partial charge in [-0.15, -0.1) is 0 Å². The van der Waals surface area contributed by atoms with E-state index in [9.17, 15) is 0 Å². The molecule has 84 valence electrons. The zero-order chi connectivity index (χ0) is 11.6. The summed E-state index contributed by atoms with van der Waals surface area (Å²) in [5.41, 5.74) is 1.08. The molecule has 0 unspecified atom stereocenters. The highest BCUT2D eigenvalue weighted by Crippen LogP contribution is 2.21. The van der Waals surface area contributed by atoms with Crippen molar-refractivity contribution in [3.05, 3.63) is 29.6 Å². The molecule has 16 heavy (non-hydrogen) atoms. The van der Waals surface area contributed by atoms with Crippen LogP contribution < -0.4 is 0 Å². The van der Waals surface area contributed by atoms with E-state index in [4.69, 9.17) is 9.94 Å². The minimum Gasteiger partial charge on any atom is -0.475 e. The van der Waals surface area contributed by atoms with Gasteiger partial charge in [-0.25, -0.2) is 4.99 Å². The molecule has 0 saturated carbocycles. The van der Waals surface area contributed by atoms with Gasteiger partial charge in [0.15, 0.2) is 0 Å². The van der Waals surface area contributed by atoms with E-state index in [0.29, 0.717) is 18.2 Å². The van der Waals surface area contributed by atoms with Crippen molar-refractivity contribution in [3.63, 3.8) is 0 Å². The molecule has 1 aliphatic heterocycles. The minimum atomic E-state index is -0.210. The lowest BCUT2D eigenvalue weighted by molar-refractivity contribution is 0.279. The molecule has 0 aliphatic carbocycles. The number of hydrogen-bond donors (Lipinski definition) is 1. The predicted octanol–water partition coefficient (Wildman–Crippen LogP) is 1.45. The number of hydrogen-bond acceptors (Lipinski definition) is 5. The summed E-state index contributed by atoms with van der Waals surface area (Å²) in [6, 6.07) is 3.63. The number of aliphatic imine (C=N–C) groups is 1. The largest absolute Gasteiger partial charge is 0.475 e. The maximum atomic E-state index is 8.54. The van der Waals surface area contributed by atoms with E-state index in [2.05, 4.69) is 15.1 Å². The number of rotatable bonds is 2. The van der Waals surface area contributed by atoms with Crippen molar-refractivity contribution >= 4 is 12.1 Å². The molecule has 0 aromatic carbocycles. The van der Waals surface area contributed by atoms with Crippen molar-refractivity contribution in [1.29, 1.82) is 0 Å². The van der Waals surface area contributed by atoms with Crippen molar-refractivity contribution in [3.8, 4) is 0 Å². The molecule has 0 amide bonds. The van der Waals surface area contributed by atoms with Gasteiger partial charge in [0.1, 0.15) is 6.61 Å². The molecule has 5 heteroatoms. The van der Waals surface area contributed by atoms with Gasteiger partial charge in [-0.05, 0) is 26.0 Å². The van der Waals surface area contributed by atoms with Crippen LogP contribution in [0.25, 0.3) is 0 Å². The quantitative estimate of drug-likeness (QED) is 0.465. The summed E-state index contributed by atoms with van der Waals surface area (Å²) >= 11 is 0. The first-order chi connectivity index (χ1) is 7.62. The van der Waals surface area contributed by atoms with Crippen LogP contribution in [0.4, 0.5) is 0 Å². The summed E-state index contributed by atoms with van der Waals surface area (Å²) in [4.78, 5) is 8.54. The lowest BCUT2D eigenvalue weighted by atomic mass is 10.1. The van der Waals surface area contributed by atoms with Gasteiger partial charge in [0.05, 0.1) is 23.0 Å². The van der Waals surface area contributed by atoms with E-state index >= 15 is 0 Å². The van der Waals surface area contributed by atoms with Crippen LogP contribution >= 0.6 is 0 Å². The molecule has 1 aromatic rings. The summed E-state index contributed by atoms with van der Waals surface area (Å²) < 4.78 is 5.51. The molecule has 0 radical (unpaired) electrons. The number of oxime groups is 1. The van der Waals surface area contributed by atoms with Crippen molar-refractivity contribution in [2.45, 2.75) is 19.4 Å². The second kappa shape index (κ2) is 3.92. The summed E-state index contributed by atoms with van der Waals surface area (Å²) in [5, 5.41) is 11.5. The lowest BCUT2D eigenvalue weighted by Gasteiger charge is -2.07. The molecule has 0 saturated heterocycles. The fourth-order valence-electron chi connectivity index (χ4n) is 1.48. The highest BCUT2D eigenvalue weighted by Gasteiger charge is 2.28. The zero-order valence-electron chi connectivity index (χ0n) is 9.21. The summed E-state index contributed by atoms with van der Waals surface area (Å²) in [5.74, 6) is 0.549. The standard InChI is InChI=1S/C11H13N3O2/c1-11(2)7-16-10(14-11)8-4-3-5-12-9(8)6-13-15/h3-6,15H,7H2,1-2H3. The van der Waals surface area contributed by atoms with Crippen LogP contribution in [0.2, 0.25) is 0 Å². The fourth-order valence-corrected chi connectivity index (χ4v) is 1.48. The van der Waals surface area contributed by atoms with Crippen molar-refractivity contribution in [2.75, 3.05) is 6.61 Å². The number of ether oxygens (including phenoxy) is 1. The van der Waals surface area contributed by atoms with Gasteiger partial charge in [0.25, 0.3) is 0 Å². The van der Waals surface area contributed by atoms with E-state index in [-0.39, 0.29) is 5.54 Å². The summed E-state index contributed by atoms with van der Waals surface area (Å²) in [6.45, 7) is 4.54. The van der Waals surface area contributed by atoms with Crippen LogP contribution in [0.15, 0.2) is 28.5 Å². The fraction of sp³-hybridized carbons (Fsp3) is 0.364. The number of pyridine rings is 1. The van der Waals surface area contributed by atoms with Gasteiger partial charge in [-0.1, -0.05) is 5.16 Å². The van der Waals surface area contributed by atoms with Crippen molar-refractivity contribution < 1.29 is 9.94 Å². The topological polar surface area (TPSA) is 67.1 Å². The van der Waals surface area contributed by atoms with Crippen LogP contribution in [0.5, 0.6) is 0 Å². The molecule has 0 bridgehead atoms. The van der Waals surface area contributed by atoms with Crippen LogP contribution in [0.1, 0.15) is 25.1 Å². The van der Waals surface area contributed by atoms with Crippen LogP contribution in [0.3, 0.4) is 0 Å². The Balaban J connectivity index is 2.41. The molecule has 1 aromatic heterocycles. The molecule has 0 spiro atoms. The Kier molecular flexibility index (Phi) is 2.60. The molecule has 0 fully saturated rings. The van der Waals surface area contributed by atoms with E-state index in [1.165, 1.54) is 6.21 Å². The van der Waals surface area contributed by atoms with E-state index in [1.54, 1.807) is 12.3 Å². The molecular formula is C11H13N3O2. The SMILES string of the molecule is CC1(C)COC(c2cccnc2C=NO)=N1. The average Bonchev–Trinajstić information content (AvgIpc) is 2.60. The smallest absolute Gasteiger partial charge is 0.219 e. The number of aromatic nitrogens is 1. The molecule has 2 heterocycles. The molecule has 1 aliphatic rings. The third-order valence-electron chi connectivity index (χ3n) is 2.22. The average molecular weight is 219 g/mol. The Hall–Kier alpha value is -1.91. The zero-order valence-corrected chi connectivity index (χ0v) is 9.21. The Bertz CT molecular complexity index is 452. The van der Waals surface area contributed by atoms with Gasteiger partial charge >= 0.3 is 0 Å². The van der Waals surface area contributed by atoms with Gasteiger partial charge < -0.3 is 9.94 Å². The second-order valence-corrected chi connectivity index (χ2v) is 4.20. The Morgan fingerprint density at radius 2 is 2.38 bits per heavy atom. The maximum Gasteiger partial charge on any atom is 0.219 e. The number of nitrogens with zero attached hydrogens (tertiary/aromatic N) is 3. The van der Waals surface area contributed by atoms with Crippen molar-refractivity contribution in [1.82, 2.24) is 4.98 Å². The Morgan fingerprint density at radius 3 is 3.00 bits per heavy atom. The first kappa shape index (κ1) is 10.6. The second-order valence-electron chi connectivity index (χ2n) is 4.20. The first-order valence-corrected chi connectivity index (χ1v) is 4.98. The summed E-state index contributed by atoms with van der Waals surface area (Å²) in [6.07, 6.45) is 2.90. The molecule has 2 rings (SSSR count). The van der Waals surface area contributed by atoms with Gasteiger partial charge in [0, 0.05) is 6.20 Å². The predicted molar refractivity (Wildman–Crippen MR) is 60.2 cm³/mol. The molecule has 0 atom stereocenters. The van der Waals surface area contributed by atoms with Crippen LogP contribution in [-0.4, -0.2) is 34.4 Å². The highest BCUT2D eigenvalue weighted by atomic mass is 16.5. The monoisotopic (exact) mass is 219 g/mol. The third kappa shape index (κ3) is 2.03. The molecular weight excluding hydrogens is 206 g/mol. The minimum absolute atomic E-state index is 0.210. The Labute approximate surface area is 93.5 Å².